The lowest BCUT2D eigenvalue weighted by Gasteiger charge is -2.11. The fourth-order valence-corrected chi connectivity index (χ4v) is 2.90. The van der Waals surface area contributed by atoms with Crippen LogP contribution in [-0.4, -0.2) is 29.2 Å². The molecular formula is C20H31F2NO3. The van der Waals surface area contributed by atoms with Crippen molar-refractivity contribution in [3.63, 3.8) is 0 Å². The number of ether oxygens (including phenoxy) is 1. The molecule has 0 aliphatic carbocycles. The second-order valence-corrected chi connectivity index (χ2v) is 6.53. The molecule has 0 aromatic carbocycles. The van der Waals surface area contributed by atoms with E-state index in [-0.39, 0.29) is 13.0 Å². The first kappa shape index (κ1) is 22.3. The van der Waals surface area contributed by atoms with Gasteiger partial charge in [0, 0.05) is 6.20 Å². The van der Waals surface area contributed by atoms with Gasteiger partial charge in [0.1, 0.15) is 0 Å². The van der Waals surface area contributed by atoms with Crippen LogP contribution in [0.1, 0.15) is 93.3 Å². The first-order valence-corrected chi connectivity index (χ1v) is 9.75. The number of esters is 1. The van der Waals surface area contributed by atoms with Gasteiger partial charge in [-0.25, -0.2) is 13.6 Å². The molecule has 1 unspecified atom stereocenters. The predicted molar refractivity (Wildman–Crippen MR) is 97.7 cm³/mol. The Labute approximate surface area is 154 Å². The standard InChI is InChI=1S/C20H31F2NO3/c1-3-5-6-7-8-9-10-11-12-13-17(22)19(24)23-15-14-16(21)18(23)20(25)26-4-2/h14-15,17H,3-13H2,1-2H3. The Balaban J connectivity index is 2.36. The number of rotatable bonds is 13. The van der Waals surface area contributed by atoms with Gasteiger partial charge in [0.25, 0.3) is 5.91 Å². The Morgan fingerprint density at radius 3 is 2.19 bits per heavy atom. The molecular weight excluding hydrogens is 340 g/mol. The topological polar surface area (TPSA) is 48.3 Å². The summed E-state index contributed by atoms with van der Waals surface area (Å²) in [5.74, 6) is -2.76. The lowest BCUT2D eigenvalue weighted by atomic mass is 10.1. The van der Waals surface area contributed by atoms with E-state index in [2.05, 4.69) is 6.92 Å². The van der Waals surface area contributed by atoms with E-state index >= 15 is 0 Å². The summed E-state index contributed by atoms with van der Waals surface area (Å²) in [5.41, 5.74) is -0.536. The predicted octanol–water partition coefficient (Wildman–Crippen LogP) is 5.70. The van der Waals surface area contributed by atoms with Crippen molar-refractivity contribution >= 4 is 11.9 Å². The lowest BCUT2D eigenvalue weighted by Crippen LogP contribution is -2.26. The van der Waals surface area contributed by atoms with Gasteiger partial charge in [-0.15, -0.1) is 0 Å². The summed E-state index contributed by atoms with van der Waals surface area (Å²) < 4.78 is 33.4. The van der Waals surface area contributed by atoms with E-state index in [1.165, 1.54) is 32.1 Å². The summed E-state index contributed by atoms with van der Waals surface area (Å²) >= 11 is 0. The Morgan fingerprint density at radius 1 is 1.04 bits per heavy atom. The van der Waals surface area contributed by atoms with Crippen LogP contribution in [0.15, 0.2) is 12.3 Å². The van der Waals surface area contributed by atoms with Crippen LogP contribution < -0.4 is 0 Å². The third kappa shape index (κ3) is 7.26. The quantitative estimate of drug-likeness (QED) is 0.330. The maximum Gasteiger partial charge on any atom is 0.358 e. The van der Waals surface area contributed by atoms with E-state index in [4.69, 9.17) is 4.74 Å². The molecule has 6 heteroatoms. The molecule has 0 aliphatic rings. The molecule has 0 fully saturated rings. The highest BCUT2D eigenvalue weighted by Gasteiger charge is 2.27. The highest BCUT2D eigenvalue weighted by molar-refractivity contribution is 5.95. The largest absolute Gasteiger partial charge is 0.461 e. The molecule has 26 heavy (non-hydrogen) atoms. The first-order chi connectivity index (χ1) is 12.5. The average molecular weight is 371 g/mol. The molecule has 0 spiro atoms. The van der Waals surface area contributed by atoms with Crippen LogP contribution in [0.4, 0.5) is 8.78 Å². The molecule has 1 atom stereocenters. The number of hydrogen-bond donors (Lipinski definition) is 0. The van der Waals surface area contributed by atoms with Crippen molar-refractivity contribution < 1.29 is 23.1 Å². The zero-order valence-electron chi connectivity index (χ0n) is 15.9. The highest BCUT2D eigenvalue weighted by atomic mass is 19.1. The SMILES string of the molecule is CCCCCCCCCCCC(F)C(=O)n1ccc(F)c1C(=O)OCC. The summed E-state index contributed by atoms with van der Waals surface area (Å²) in [5, 5.41) is 0. The number of nitrogens with zero attached hydrogens (tertiary/aromatic N) is 1. The molecule has 0 aliphatic heterocycles. The van der Waals surface area contributed by atoms with Gasteiger partial charge in [0.15, 0.2) is 17.7 Å². The van der Waals surface area contributed by atoms with Crippen molar-refractivity contribution in [2.24, 2.45) is 0 Å². The van der Waals surface area contributed by atoms with E-state index in [0.717, 1.165) is 36.1 Å². The molecule has 0 saturated carbocycles. The minimum absolute atomic E-state index is 0.0507. The van der Waals surface area contributed by atoms with E-state index < -0.39 is 29.6 Å². The smallest absolute Gasteiger partial charge is 0.358 e. The van der Waals surface area contributed by atoms with Crippen LogP contribution in [0.5, 0.6) is 0 Å². The van der Waals surface area contributed by atoms with Crippen molar-refractivity contribution in [2.45, 2.75) is 84.2 Å². The fraction of sp³-hybridized carbons (Fsp3) is 0.700. The minimum atomic E-state index is -1.75. The Hall–Kier alpha value is -1.72. The number of unbranched alkanes of at least 4 members (excludes halogenated alkanes) is 8. The summed E-state index contributed by atoms with van der Waals surface area (Å²) in [6.07, 6.45) is 9.25. The Morgan fingerprint density at radius 2 is 1.62 bits per heavy atom. The average Bonchev–Trinajstić information content (AvgIpc) is 3.01. The second kappa shape index (κ2) is 12.6. The monoisotopic (exact) mass is 371 g/mol. The summed E-state index contributed by atoms with van der Waals surface area (Å²) in [7, 11) is 0. The number of halogens is 2. The molecule has 1 aromatic heterocycles. The normalized spacial score (nSPS) is 12.2. The minimum Gasteiger partial charge on any atom is -0.461 e. The van der Waals surface area contributed by atoms with Crippen LogP contribution in [0.25, 0.3) is 0 Å². The number of aromatic nitrogens is 1. The second-order valence-electron chi connectivity index (χ2n) is 6.53. The van der Waals surface area contributed by atoms with Crippen LogP contribution in [0, 0.1) is 5.82 Å². The van der Waals surface area contributed by atoms with Gasteiger partial charge in [0.05, 0.1) is 6.61 Å². The van der Waals surface area contributed by atoms with Crippen molar-refractivity contribution in [2.75, 3.05) is 6.61 Å². The molecule has 0 radical (unpaired) electrons. The maximum absolute atomic E-state index is 14.2. The molecule has 1 aromatic rings. The van der Waals surface area contributed by atoms with Crippen molar-refractivity contribution in [3.8, 4) is 0 Å². The van der Waals surface area contributed by atoms with E-state index in [9.17, 15) is 18.4 Å². The van der Waals surface area contributed by atoms with Gasteiger partial charge in [-0.3, -0.25) is 9.36 Å². The third-order valence-electron chi connectivity index (χ3n) is 4.37. The third-order valence-corrected chi connectivity index (χ3v) is 4.37. The van der Waals surface area contributed by atoms with Gasteiger partial charge in [-0.05, 0) is 19.4 Å². The summed E-state index contributed by atoms with van der Waals surface area (Å²) in [6.45, 7) is 3.81. The van der Waals surface area contributed by atoms with Gasteiger partial charge < -0.3 is 4.74 Å². The lowest BCUT2D eigenvalue weighted by molar-refractivity contribution is 0.0496. The van der Waals surface area contributed by atoms with Gasteiger partial charge >= 0.3 is 5.97 Å². The molecule has 1 rings (SSSR count). The van der Waals surface area contributed by atoms with Crippen LogP contribution in [0.2, 0.25) is 0 Å². The number of alkyl halides is 1. The van der Waals surface area contributed by atoms with Crippen LogP contribution in [0.3, 0.4) is 0 Å². The zero-order chi connectivity index (χ0) is 19.4. The Bertz CT molecular complexity index is 557. The molecule has 0 N–H and O–H groups in total. The van der Waals surface area contributed by atoms with Gasteiger partial charge in [0.2, 0.25) is 0 Å². The van der Waals surface area contributed by atoms with E-state index in [1.54, 1.807) is 6.92 Å². The molecule has 4 nitrogen and oxygen atoms in total. The number of carbonyl (C=O) groups excluding carboxylic acids is 2. The molecule has 148 valence electrons. The summed E-state index contributed by atoms with van der Waals surface area (Å²) in [6, 6.07) is 0.968. The summed E-state index contributed by atoms with van der Waals surface area (Å²) in [4.78, 5) is 23.9. The molecule has 1 heterocycles. The maximum atomic E-state index is 14.2. The highest BCUT2D eigenvalue weighted by Crippen LogP contribution is 2.17. The van der Waals surface area contributed by atoms with Crippen LogP contribution in [-0.2, 0) is 4.74 Å². The van der Waals surface area contributed by atoms with Crippen molar-refractivity contribution in [1.29, 1.82) is 0 Å². The fourth-order valence-electron chi connectivity index (χ4n) is 2.90. The van der Waals surface area contributed by atoms with Gasteiger partial charge in [-0.2, -0.15) is 0 Å². The Kier molecular flexibility index (Phi) is 10.8. The van der Waals surface area contributed by atoms with E-state index in [0.29, 0.717) is 6.42 Å². The first-order valence-electron chi connectivity index (χ1n) is 9.75. The van der Waals surface area contributed by atoms with Crippen LogP contribution >= 0.6 is 0 Å². The number of carbonyl (C=O) groups is 2. The molecule has 0 amide bonds. The van der Waals surface area contributed by atoms with Crippen molar-refractivity contribution in [3.05, 3.63) is 23.8 Å². The van der Waals surface area contributed by atoms with Gasteiger partial charge in [-0.1, -0.05) is 64.7 Å². The molecule has 0 bridgehead atoms. The van der Waals surface area contributed by atoms with Crippen molar-refractivity contribution in [1.82, 2.24) is 4.57 Å². The molecule has 0 saturated heterocycles. The zero-order valence-corrected chi connectivity index (χ0v) is 15.9. The number of hydrogen-bond acceptors (Lipinski definition) is 3. The van der Waals surface area contributed by atoms with E-state index in [1.807, 2.05) is 0 Å².